The van der Waals surface area contributed by atoms with Gasteiger partial charge in [-0.25, -0.2) is 0 Å². The quantitative estimate of drug-likeness (QED) is 0.569. The van der Waals surface area contributed by atoms with E-state index in [1.54, 1.807) is 52.8 Å². The van der Waals surface area contributed by atoms with Crippen molar-refractivity contribution in [1.29, 1.82) is 0 Å². The molecule has 122 valence electrons. The molecular formula is C16H17BrN2O4. The third-order valence-corrected chi connectivity index (χ3v) is 3.82. The van der Waals surface area contributed by atoms with Crippen molar-refractivity contribution in [1.82, 2.24) is 9.78 Å². The summed E-state index contributed by atoms with van der Waals surface area (Å²) < 4.78 is 18.0. The smallest absolute Gasteiger partial charge is 0.205 e. The molecule has 0 unspecified atom stereocenters. The first-order valence-corrected chi connectivity index (χ1v) is 7.51. The Hall–Kier alpha value is -2.28. The molecule has 0 radical (unpaired) electrons. The van der Waals surface area contributed by atoms with Crippen molar-refractivity contribution >= 4 is 27.8 Å². The van der Waals surface area contributed by atoms with E-state index in [1.807, 2.05) is 0 Å². The Kier molecular flexibility index (Phi) is 5.44. The first-order chi connectivity index (χ1) is 11.0. The predicted molar refractivity (Wildman–Crippen MR) is 90.4 cm³/mol. The Bertz CT molecular complexity index is 708. The Balaban J connectivity index is 2.34. The van der Waals surface area contributed by atoms with Crippen molar-refractivity contribution in [2.75, 3.05) is 21.3 Å². The number of carbonyl (C=O) groups is 1. The maximum Gasteiger partial charge on any atom is 0.205 e. The molecule has 0 atom stereocenters. The van der Waals surface area contributed by atoms with Crippen LogP contribution in [0.1, 0.15) is 16.1 Å². The number of aromatic nitrogens is 2. The molecule has 0 fully saturated rings. The van der Waals surface area contributed by atoms with Gasteiger partial charge in [0, 0.05) is 7.05 Å². The largest absolute Gasteiger partial charge is 0.493 e. The standard InChI is InChI=1S/C16H17BrN2O4/c1-19-15(11(17)9-18-19)12(20)6-5-10-7-13(21-2)16(23-4)14(8-10)22-3/h5-9H,1-4H3. The van der Waals surface area contributed by atoms with Crippen molar-refractivity contribution in [3.63, 3.8) is 0 Å². The first-order valence-electron chi connectivity index (χ1n) is 6.71. The maximum atomic E-state index is 12.3. The molecule has 7 heteroatoms. The van der Waals surface area contributed by atoms with Gasteiger partial charge in [0.15, 0.2) is 11.5 Å². The van der Waals surface area contributed by atoms with Crippen LogP contribution in [0.15, 0.2) is 28.9 Å². The molecule has 0 spiro atoms. The average molecular weight is 381 g/mol. The van der Waals surface area contributed by atoms with Gasteiger partial charge in [-0.2, -0.15) is 5.10 Å². The lowest BCUT2D eigenvalue weighted by Gasteiger charge is -2.12. The van der Waals surface area contributed by atoms with Crippen LogP contribution in [-0.2, 0) is 7.05 Å². The van der Waals surface area contributed by atoms with E-state index in [2.05, 4.69) is 21.0 Å². The number of nitrogens with zero attached hydrogens (tertiary/aromatic N) is 2. The van der Waals surface area contributed by atoms with E-state index in [1.165, 1.54) is 10.8 Å². The van der Waals surface area contributed by atoms with Gasteiger partial charge in [0.05, 0.1) is 32.0 Å². The lowest BCUT2D eigenvalue weighted by molar-refractivity contribution is 0.103. The van der Waals surface area contributed by atoms with Gasteiger partial charge in [0.25, 0.3) is 0 Å². The number of ketones is 1. The summed E-state index contributed by atoms with van der Waals surface area (Å²) in [6.07, 6.45) is 4.75. The van der Waals surface area contributed by atoms with E-state index >= 15 is 0 Å². The number of methoxy groups -OCH3 is 3. The maximum absolute atomic E-state index is 12.3. The predicted octanol–water partition coefficient (Wildman–Crippen LogP) is 3.10. The molecule has 1 heterocycles. The van der Waals surface area contributed by atoms with Gasteiger partial charge in [0.1, 0.15) is 5.69 Å². The van der Waals surface area contributed by atoms with Crippen LogP contribution in [0, 0.1) is 0 Å². The van der Waals surface area contributed by atoms with E-state index in [-0.39, 0.29) is 5.78 Å². The number of rotatable bonds is 6. The minimum absolute atomic E-state index is 0.161. The molecule has 1 aromatic heterocycles. The van der Waals surface area contributed by atoms with Crippen LogP contribution in [0.2, 0.25) is 0 Å². The summed E-state index contributed by atoms with van der Waals surface area (Å²) in [5.41, 5.74) is 1.24. The third kappa shape index (κ3) is 3.56. The SMILES string of the molecule is COc1cc(C=CC(=O)c2c(Br)cnn2C)cc(OC)c1OC. The third-order valence-electron chi connectivity index (χ3n) is 3.24. The van der Waals surface area contributed by atoms with E-state index in [4.69, 9.17) is 14.2 Å². The van der Waals surface area contributed by atoms with Crippen molar-refractivity contribution in [2.24, 2.45) is 7.05 Å². The summed E-state index contributed by atoms with van der Waals surface area (Å²) in [6, 6.07) is 3.53. The Morgan fingerprint density at radius 3 is 2.22 bits per heavy atom. The molecule has 0 aliphatic heterocycles. The molecule has 0 aliphatic carbocycles. The Labute approximate surface area is 142 Å². The van der Waals surface area contributed by atoms with Gasteiger partial charge in [-0.1, -0.05) is 6.08 Å². The van der Waals surface area contributed by atoms with Gasteiger partial charge in [0.2, 0.25) is 11.5 Å². The number of hydrogen-bond acceptors (Lipinski definition) is 5. The van der Waals surface area contributed by atoms with Crippen LogP contribution < -0.4 is 14.2 Å². The number of ether oxygens (including phenoxy) is 3. The molecule has 2 rings (SSSR count). The van der Waals surface area contributed by atoms with Crippen LogP contribution in [-0.4, -0.2) is 36.9 Å². The van der Waals surface area contributed by atoms with Crippen LogP contribution in [0.4, 0.5) is 0 Å². The topological polar surface area (TPSA) is 62.6 Å². The molecule has 6 nitrogen and oxygen atoms in total. The second-order valence-corrected chi connectivity index (χ2v) is 5.48. The van der Waals surface area contributed by atoms with E-state index in [0.717, 1.165) is 5.56 Å². The van der Waals surface area contributed by atoms with Crippen LogP contribution >= 0.6 is 15.9 Å². The fraction of sp³-hybridized carbons (Fsp3) is 0.250. The second kappa shape index (κ2) is 7.32. The van der Waals surface area contributed by atoms with Crippen molar-refractivity contribution in [2.45, 2.75) is 0 Å². The molecule has 0 saturated heterocycles. The fourth-order valence-electron chi connectivity index (χ4n) is 2.14. The average Bonchev–Trinajstić information content (AvgIpc) is 2.90. The lowest BCUT2D eigenvalue weighted by atomic mass is 10.1. The Morgan fingerprint density at radius 1 is 1.17 bits per heavy atom. The van der Waals surface area contributed by atoms with E-state index in [0.29, 0.717) is 27.4 Å². The highest BCUT2D eigenvalue weighted by Gasteiger charge is 2.14. The molecule has 23 heavy (non-hydrogen) atoms. The number of allylic oxidation sites excluding steroid dienone is 1. The number of carbonyl (C=O) groups excluding carboxylic acids is 1. The number of halogens is 1. The Morgan fingerprint density at radius 2 is 1.78 bits per heavy atom. The minimum atomic E-state index is -0.161. The monoisotopic (exact) mass is 380 g/mol. The highest BCUT2D eigenvalue weighted by Crippen LogP contribution is 2.38. The summed E-state index contributed by atoms with van der Waals surface area (Å²) >= 11 is 3.31. The summed E-state index contributed by atoms with van der Waals surface area (Å²) in [6.45, 7) is 0. The lowest BCUT2D eigenvalue weighted by Crippen LogP contribution is -2.04. The molecule has 0 N–H and O–H groups in total. The van der Waals surface area contributed by atoms with E-state index < -0.39 is 0 Å². The highest BCUT2D eigenvalue weighted by atomic mass is 79.9. The molecular weight excluding hydrogens is 364 g/mol. The fourth-order valence-corrected chi connectivity index (χ4v) is 2.68. The molecule has 0 bridgehead atoms. The van der Waals surface area contributed by atoms with Crippen LogP contribution in [0.3, 0.4) is 0 Å². The molecule has 0 amide bonds. The summed E-state index contributed by atoms with van der Waals surface area (Å²) in [5, 5.41) is 4.03. The zero-order valence-electron chi connectivity index (χ0n) is 13.3. The van der Waals surface area contributed by atoms with Crippen molar-refractivity contribution < 1.29 is 19.0 Å². The van der Waals surface area contributed by atoms with Gasteiger partial charge in [-0.15, -0.1) is 0 Å². The molecule has 1 aromatic carbocycles. The number of benzene rings is 1. The first kappa shape index (κ1) is 17.1. The van der Waals surface area contributed by atoms with Crippen molar-refractivity contribution in [3.8, 4) is 17.2 Å². The summed E-state index contributed by atoms with van der Waals surface area (Å²) in [7, 11) is 6.34. The van der Waals surface area contributed by atoms with Crippen LogP contribution in [0.5, 0.6) is 17.2 Å². The number of aryl methyl sites for hydroxylation is 1. The van der Waals surface area contributed by atoms with Gasteiger partial charge in [-0.3, -0.25) is 9.48 Å². The molecule has 0 aliphatic rings. The zero-order chi connectivity index (χ0) is 17.0. The summed E-state index contributed by atoms with van der Waals surface area (Å²) in [5.74, 6) is 1.40. The van der Waals surface area contributed by atoms with Crippen LogP contribution in [0.25, 0.3) is 6.08 Å². The van der Waals surface area contributed by atoms with Crippen molar-refractivity contribution in [3.05, 3.63) is 40.1 Å². The van der Waals surface area contributed by atoms with Gasteiger partial charge < -0.3 is 14.2 Å². The molecule has 2 aromatic rings. The highest BCUT2D eigenvalue weighted by molar-refractivity contribution is 9.10. The van der Waals surface area contributed by atoms with Gasteiger partial charge in [-0.05, 0) is 39.7 Å². The minimum Gasteiger partial charge on any atom is -0.493 e. The number of hydrogen-bond donors (Lipinski definition) is 0. The summed E-state index contributed by atoms with van der Waals surface area (Å²) in [4.78, 5) is 12.3. The zero-order valence-corrected chi connectivity index (χ0v) is 14.9. The van der Waals surface area contributed by atoms with E-state index in [9.17, 15) is 4.79 Å². The normalized spacial score (nSPS) is 10.8. The van der Waals surface area contributed by atoms with Gasteiger partial charge >= 0.3 is 0 Å². The second-order valence-electron chi connectivity index (χ2n) is 4.62. The molecule has 0 saturated carbocycles.